The van der Waals surface area contributed by atoms with Crippen LogP contribution in [0.1, 0.15) is 17.0 Å². The Bertz CT molecular complexity index is 606. The molecule has 0 atom stereocenters. The van der Waals surface area contributed by atoms with E-state index in [1.165, 1.54) is 24.3 Å². The lowest BCUT2D eigenvalue weighted by molar-refractivity contribution is -0.143. The van der Waals surface area contributed by atoms with Gasteiger partial charge in [0.25, 0.3) is 0 Å². The molecule has 0 aliphatic heterocycles. The van der Waals surface area contributed by atoms with Crippen LogP contribution in [0.25, 0.3) is 5.69 Å². The minimum absolute atomic E-state index is 0.000142. The van der Waals surface area contributed by atoms with Crippen molar-refractivity contribution in [2.24, 2.45) is 0 Å². The summed E-state index contributed by atoms with van der Waals surface area (Å²) in [5.41, 5.74) is -2.36. The molecule has 20 heavy (non-hydrogen) atoms. The Morgan fingerprint density at radius 1 is 0.900 bits per heavy atom. The SMILES string of the molecule is Cc1ccc(-n2nc(C(F)(F)F)cc2C(F)(F)F)cc1. The largest absolute Gasteiger partial charge is 0.435 e. The molecule has 0 N–H and O–H groups in total. The maximum absolute atomic E-state index is 12.8. The lowest BCUT2D eigenvalue weighted by Gasteiger charge is -2.10. The second-order valence-electron chi connectivity index (χ2n) is 4.16. The van der Waals surface area contributed by atoms with Crippen molar-refractivity contribution < 1.29 is 26.3 Å². The van der Waals surface area contributed by atoms with Gasteiger partial charge in [-0.15, -0.1) is 0 Å². The van der Waals surface area contributed by atoms with E-state index in [0.29, 0.717) is 0 Å². The van der Waals surface area contributed by atoms with Crippen LogP contribution in [0, 0.1) is 6.92 Å². The summed E-state index contributed by atoms with van der Waals surface area (Å²) < 4.78 is 76.1. The first kappa shape index (κ1) is 14.4. The third-order valence-electron chi connectivity index (χ3n) is 2.57. The first-order chi connectivity index (χ1) is 9.09. The Morgan fingerprint density at radius 3 is 1.90 bits per heavy atom. The van der Waals surface area contributed by atoms with Crippen molar-refractivity contribution in [1.29, 1.82) is 0 Å². The van der Waals surface area contributed by atoms with Crippen LogP contribution >= 0.6 is 0 Å². The van der Waals surface area contributed by atoms with E-state index in [1.54, 1.807) is 6.92 Å². The Morgan fingerprint density at radius 2 is 1.45 bits per heavy atom. The average Bonchev–Trinajstić information content (AvgIpc) is 2.74. The molecular weight excluding hydrogens is 286 g/mol. The quantitative estimate of drug-likeness (QED) is 0.720. The third kappa shape index (κ3) is 2.78. The van der Waals surface area contributed by atoms with Crippen LogP contribution in [0.5, 0.6) is 0 Å². The van der Waals surface area contributed by atoms with Gasteiger partial charge < -0.3 is 0 Å². The number of aryl methyl sites for hydroxylation is 1. The highest BCUT2D eigenvalue weighted by molar-refractivity contribution is 5.36. The molecule has 0 bridgehead atoms. The fourth-order valence-electron chi connectivity index (χ4n) is 1.60. The number of nitrogens with zero attached hydrogens (tertiary/aromatic N) is 2. The molecule has 0 aliphatic rings. The third-order valence-corrected chi connectivity index (χ3v) is 2.57. The van der Waals surface area contributed by atoms with E-state index < -0.39 is 23.7 Å². The molecule has 0 saturated heterocycles. The Balaban J connectivity index is 2.62. The van der Waals surface area contributed by atoms with Crippen LogP contribution in [0.4, 0.5) is 26.3 Å². The van der Waals surface area contributed by atoms with Gasteiger partial charge in [0.15, 0.2) is 5.69 Å². The summed E-state index contributed by atoms with van der Waals surface area (Å²) in [6, 6.07) is 5.53. The van der Waals surface area contributed by atoms with Crippen LogP contribution < -0.4 is 0 Å². The summed E-state index contributed by atoms with van der Waals surface area (Å²) in [5.74, 6) is 0. The minimum atomic E-state index is -4.93. The van der Waals surface area contributed by atoms with Crippen LogP contribution in [-0.4, -0.2) is 9.78 Å². The fraction of sp³-hybridized carbons (Fsp3) is 0.250. The summed E-state index contributed by atoms with van der Waals surface area (Å²) >= 11 is 0. The van der Waals surface area contributed by atoms with Crippen molar-refractivity contribution in [1.82, 2.24) is 9.78 Å². The number of alkyl halides is 6. The summed E-state index contributed by atoms with van der Waals surface area (Å²) in [6.45, 7) is 1.71. The molecule has 108 valence electrons. The molecule has 0 unspecified atom stereocenters. The zero-order chi connectivity index (χ0) is 15.1. The molecule has 0 fully saturated rings. The molecule has 0 amide bonds. The van der Waals surface area contributed by atoms with Crippen molar-refractivity contribution >= 4 is 0 Å². The number of halogens is 6. The second-order valence-corrected chi connectivity index (χ2v) is 4.16. The Kier molecular flexibility index (Phi) is 3.27. The fourth-order valence-corrected chi connectivity index (χ4v) is 1.60. The van der Waals surface area contributed by atoms with Gasteiger partial charge in [-0.1, -0.05) is 17.7 Å². The van der Waals surface area contributed by atoms with Crippen LogP contribution in [0.2, 0.25) is 0 Å². The Hall–Kier alpha value is -1.99. The van der Waals surface area contributed by atoms with Gasteiger partial charge in [-0.3, -0.25) is 0 Å². The zero-order valence-electron chi connectivity index (χ0n) is 10.0. The second kappa shape index (κ2) is 4.53. The molecule has 1 heterocycles. The van der Waals surface area contributed by atoms with Gasteiger partial charge in [-0.2, -0.15) is 31.4 Å². The van der Waals surface area contributed by atoms with Crippen molar-refractivity contribution in [3.63, 3.8) is 0 Å². The topological polar surface area (TPSA) is 17.8 Å². The van der Waals surface area contributed by atoms with E-state index in [1.807, 2.05) is 0 Å². The summed E-state index contributed by atoms with van der Waals surface area (Å²) in [5, 5.41) is 3.02. The van der Waals surface area contributed by atoms with Gasteiger partial charge in [0, 0.05) is 6.07 Å². The molecule has 2 nitrogen and oxygen atoms in total. The molecule has 0 spiro atoms. The highest BCUT2D eigenvalue weighted by Gasteiger charge is 2.42. The maximum Gasteiger partial charge on any atom is 0.435 e. The molecule has 1 aromatic heterocycles. The highest BCUT2D eigenvalue weighted by atomic mass is 19.4. The number of hydrogen-bond donors (Lipinski definition) is 0. The van der Waals surface area contributed by atoms with Crippen molar-refractivity contribution in [2.45, 2.75) is 19.3 Å². The molecule has 2 aromatic rings. The predicted octanol–water partition coefficient (Wildman–Crippen LogP) is 4.22. The normalized spacial score (nSPS) is 12.8. The lowest BCUT2D eigenvalue weighted by Crippen LogP contribution is -2.13. The van der Waals surface area contributed by atoms with Crippen molar-refractivity contribution in [3.05, 3.63) is 47.3 Å². The van der Waals surface area contributed by atoms with Gasteiger partial charge in [0.2, 0.25) is 0 Å². The van der Waals surface area contributed by atoms with Gasteiger partial charge in [0.05, 0.1) is 5.69 Å². The lowest BCUT2D eigenvalue weighted by atomic mass is 10.2. The molecule has 0 saturated carbocycles. The van der Waals surface area contributed by atoms with E-state index in [4.69, 9.17) is 0 Å². The number of hydrogen-bond acceptors (Lipinski definition) is 1. The van der Waals surface area contributed by atoms with E-state index >= 15 is 0 Å². The standard InChI is InChI=1S/C12H8F6N2/c1-7-2-4-8(5-3-7)20-10(12(16,17)18)6-9(19-20)11(13,14)15/h2-6H,1H3. The van der Waals surface area contributed by atoms with Gasteiger partial charge >= 0.3 is 12.4 Å². The van der Waals surface area contributed by atoms with Crippen molar-refractivity contribution in [2.75, 3.05) is 0 Å². The molecular formula is C12H8F6N2. The van der Waals surface area contributed by atoms with Crippen molar-refractivity contribution in [3.8, 4) is 5.69 Å². The smallest absolute Gasteiger partial charge is 0.228 e. The zero-order valence-corrected chi connectivity index (χ0v) is 10.0. The average molecular weight is 294 g/mol. The predicted molar refractivity (Wildman–Crippen MR) is 58.3 cm³/mol. The molecule has 0 aliphatic carbocycles. The molecule has 8 heteroatoms. The molecule has 0 radical (unpaired) electrons. The molecule has 2 rings (SSSR count). The number of rotatable bonds is 1. The summed E-state index contributed by atoms with van der Waals surface area (Å²) in [7, 11) is 0. The van der Waals surface area contributed by atoms with Gasteiger partial charge in [0.1, 0.15) is 5.69 Å². The van der Waals surface area contributed by atoms with Crippen LogP contribution in [-0.2, 0) is 12.4 Å². The summed E-state index contributed by atoms with van der Waals surface area (Å²) in [4.78, 5) is 0. The van der Waals surface area contributed by atoms with Crippen LogP contribution in [0.3, 0.4) is 0 Å². The Labute approximate surface area is 109 Å². The maximum atomic E-state index is 12.8. The monoisotopic (exact) mass is 294 g/mol. The first-order valence-electron chi connectivity index (χ1n) is 5.40. The van der Waals surface area contributed by atoms with Gasteiger partial charge in [-0.25, -0.2) is 4.68 Å². The van der Waals surface area contributed by atoms with E-state index in [2.05, 4.69) is 5.10 Å². The first-order valence-corrected chi connectivity index (χ1v) is 5.40. The molecule has 1 aromatic carbocycles. The van der Waals surface area contributed by atoms with Gasteiger partial charge in [-0.05, 0) is 19.1 Å². The van der Waals surface area contributed by atoms with Crippen LogP contribution in [0.15, 0.2) is 30.3 Å². The minimum Gasteiger partial charge on any atom is -0.228 e. The number of benzene rings is 1. The van der Waals surface area contributed by atoms with E-state index in [-0.39, 0.29) is 16.4 Å². The summed E-state index contributed by atoms with van der Waals surface area (Å²) in [6.07, 6.45) is -9.86. The number of aromatic nitrogens is 2. The van der Waals surface area contributed by atoms with E-state index in [0.717, 1.165) is 5.56 Å². The van der Waals surface area contributed by atoms with E-state index in [9.17, 15) is 26.3 Å². The highest BCUT2D eigenvalue weighted by Crippen LogP contribution is 2.36.